The normalized spacial score (nSPS) is 18.4. The monoisotopic (exact) mass is 239 g/mol. The summed E-state index contributed by atoms with van der Waals surface area (Å²) in [5.41, 5.74) is 7.66. The van der Waals surface area contributed by atoms with Crippen molar-refractivity contribution in [3.05, 3.63) is 35.4 Å². The molecular weight excluding hydrogens is 222 g/mol. The van der Waals surface area contributed by atoms with Crippen molar-refractivity contribution < 1.29 is 8.42 Å². The van der Waals surface area contributed by atoms with E-state index in [0.29, 0.717) is 6.54 Å². The van der Waals surface area contributed by atoms with E-state index in [9.17, 15) is 8.42 Å². The molecule has 0 atom stereocenters. The van der Waals surface area contributed by atoms with Gasteiger partial charge in [0.25, 0.3) is 0 Å². The Balaban J connectivity index is 2.29. The van der Waals surface area contributed by atoms with Gasteiger partial charge >= 0.3 is 0 Å². The molecule has 0 unspecified atom stereocenters. The van der Waals surface area contributed by atoms with Gasteiger partial charge in [-0.1, -0.05) is 24.3 Å². The predicted octanol–water partition coefficient (Wildman–Crippen LogP) is 1.22. The van der Waals surface area contributed by atoms with Gasteiger partial charge in [-0.2, -0.15) is 0 Å². The molecule has 0 aromatic heterocycles. The van der Waals surface area contributed by atoms with Gasteiger partial charge in [-0.25, -0.2) is 8.42 Å². The van der Waals surface area contributed by atoms with Gasteiger partial charge in [0.2, 0.25) is 0 Å². The second kappa shape index (κ2) is 3.86. The summed E-state index contributed by atoms with van der Waals surface area (Å²) in [6, 6.07) is 7.98. The topological polar surface area (TPSA) is 60.2 Å². The van der Waals surface area contributed by atoms with Crippen molar-refractivity contribution in [3.8, 4) is 0 Å². The van der Waals surface area contributed by atoms with Crippen LogP contribution in [0.4, 0.5) is 0 Å². The largest absolute Gasteiger partial charge is 0.326 e. The van der Waals surface area contributed by atoms with E-state index in [1.54, 1.807) is 0 Å². The second-order valence-electron chi connectivity index (χ2n) is 4.75. The van der Waals surface area contributed by atoms with Crippen LogP contribution in [0, 0.1) is 0 Å². The SMILES string of the molecule is CS(=O)(=O)CC1(c2cccc(CN)c2)CC1. The Morgan fingerprint density at radius 1 is 1.38 bits per heavy atom. The first-order valence-electron chi connectivity index (χ1n) is 5.42. The minimum Gasteiger partial charge on any atom is -0.326 e. The lowest BCUT2D eigenvalue weighted by molar-refractivity contribution is 0.592. The maximum absolute atomic E-state index is 11.4. The molecule has 0 bridgehead atoms. The summed E-state index contributed by atoms with van der Waals surface area (Å²) in [6.07, 6.45) is 3.24. The minimum absolute atomic E-state index is 0.126. The van der Waals surface area contributed by atoms with Gasteiger partial charge in [0.15, 0.2) is 0 Å². The third kappa shape index (κ3) is 2.44. The second-order valence-corrected chi connectivity index (χ2v) is 6.90. The zero-order valence-corrected chi connectivity index (χ0v) is 10.3. The van der Waals surface area contributed by atoms with Crippen LogP contribution >= 0.6 is 0 Å². The number of hydrogen-bond donors (Lipinski definition) is 1. The predicted molar refractivity (Wildman–Crippen MR) is 65.0 cm³/mol. The summed E-state index contributed by atoms with van der Waals surface area (Å²) in [6.45, 7) is 0.503. The Kier molecular flexibility index (Phi) is 2.80. The number of benzene rings is 1. The van der Waals surface area contributed by atoms with Gasteiger partial charge in [-0.3, -0.25) is 0 Å². The lowest BCUT2D eigenvalue weighted by atomic mass is 9.96. The van der Waals surface area contributed by atoms with Crippen LogP contribution in [-0.4, -0.2) is 20.4 Å². The van der Waals surface area contributed by atoms with Gasteiger partial charge in [0.1, 0.15) is 9.84 Å². The first-order chi connectivity index (χ1) is 7.45. The van der Waals surface area contributed by atoms with Crippen LogP contribution < -0.4 is 5.73 Å². The average Bonchev–Trinajstić information content (AvgIpc) is 2.96. The summed E-state index contributed by atoms with van der Waals surface area (Å²) in [5.74, 6) is 0.258. The van der Waals surface area contributed by atoms with Crippen LogP contribution in [0.2, 0.25) is 0 Å². The first kappa shape index (κ1) is 11.6. The van der Waals surface area contributed by atoms with Crippen LogP contribution in [0.5, 0.6) is 0 Å². The van der Waals surface area contributed by atoms with Gasteiger partial charge in [0.05, 0.1) is 5.75 Å². The van der Waals surface area contributed by atoms with E-state index in [1.165, 1.54) is 6.26 Å². The quantitative estimate of drug-likeness (QED) is 0.859. The highest BCUT2D eigenvalue weighted by Crippen LogP contribution is 2.49. The molecule has 2 rings (SSSR count). The number of nitrogens with two attached hydrogens (primary N) is 1. The van der Waals surface area contributed by atoms with Crippen molar-refractivity contribution in [2.45, 2.75) is 24.8 Å². The average molecular weight is 239 g/mol. The zero-order chi connectivity index (χ0) is 11.8. The van der Waals surface area contributed by atoms with Crippen LogP contribution in [-0.2, 0) is 21.8 Å². The fraction of sp³-hybridized carbons (Fsp3) is 0.500. The molecule has 0 radical (unpaired) electrons. The Bertz CT molecular complexity index is 489. The molecule has 16 heavy (non-hydrogen) atoms. The van der Waals surface area contributed by atoms with E-state index in [0.717, 1.165) is 24.0 Å². The molecule has 88 valence electrons. The van der Waals surface area contributed by atoms with Crippen molar-refractivity contribution in [1.82, 2.24) is 0 Å². The highest BCUT2D eigenvalue weighted by Gasteiger charge is 2.46. The molecule has 4 heteroatoms. The molecule has 1 saturated carbocycles. The molecule has 3 nitrogen and oxygen atoms in total. The maximum Gasteiger partial charge on any atom is 0.148 e. The zero-order valence-electron chi connectivity index (χ0n) is 9.44. The van der Waals surface area contributed by atoms with Crippen molar-refractivity contribution in [2.24, 2.45) is 5.73 Å². The van der Waals surface area contributed by atoms with Gasteiger partial charge in [-0.05, 0) is 24.0 Å². The molecule has 0 spiro atoms. The molecule has 0 heterocycles. The van der Waals surface area contributed by atoms with Crippen LogP contribution in [0.1, 0.15) is 24.0 Å². The van der Waals surface area contributed by atoms with E-state index in [4.69, 9.17) is 5.73 Å². The molecule has 0 saturated heterocycles. The smallest absolute Gasteiger partial charge is 0.148 e. The highest BCUT2D eigenvalue weighted by atomic mass is 32.2. The number of sulfone groups is 1. The van der Waals surface area contributed by atoms with Gasteiger partial charge < -0.3 is 5.73 Å². The molecule has 2 N–H and O–H groups in total. The van der Waals surface area contributed by atoms with Crippen molar-refractivity contribution in [3.63, 3.8) is 0 Å². The van der Waals surface area contributed by atoms with Crippen molar-refractivity contribution in [1.29, 1.82) is 0 Å². The maximum atomic E-state index is 11.4. The third-order valence-electron chi connectivity index (χ3n) is 3.17. The number of hydrogen-bond acceptors (Lipinski definition) is 3. The Hall–Kier alpha value is -0.870. The van der Waals surface area contributed by atoms with E-state index < -0.39 is 9.84 Å². The molecule has 0 amide bonds. The molecule has 1 aromatic carbocycles. The van der Waals surface area contributed by atoms with Crippen LogP contribution in [0.15, 0.2) is 24.3 Å². The summed E-state index contributed by atoms with van der Waals surface area (Å²) >= 11 is 0. The van der Waals surface area contributed by atoms with Crippen LogP contribution in [0.25, 0.3) is 0 Å². The van der Waals surface area contributed by atoms with E-state index in [2.05, 4.69) is 0 Å². The van der Waals surface area contributed by atoms with E-state index >= 15 is 0 Å². The summed E-state index contributed by atoms with van der Waals surface area (Å²) in [4.78, 5) is 0. The Labute approximate surface area is 96.6 Å². The minimum atomic E-state index is -2.92. The lowest BCUT2D eigenvalue weighted by Gasteiger charge is -2.15. The summed E-state index contributed by atoms with van der Waals surface area (Å²) < 4.78 is 22.8. The standard InChI is InChI=1S/C12H17NO2S/c1-16(14,15)9-12(5-6-12)11-4-2-3-10(7-11)8-13/h2-4,7H,5-6,8-9,13H2,1H3. The van der Waals surface area contributed by atoms with Crippen LogP contribution in [0.3, 0.4) is 0 Å². The molecule has 1 aliphatic rings. The van der Waals surface area contributed by atoms with Crippen molar-refractivity contribution in [2.75, 3.05) is 12.0 Å². The fourth-order valence-corrected chi connectivity index (χ4v) is 3.66. The van der Waals surface area contributed by atoms with E-state index in [-0.39, 0.29) is 11.2 Å². The summed E-state index contributed by atoms with van der Waals surface area (Å²) in [7, 11) is -2.92. The lowest BCUT2D eigenvalue weighted by Crippen LogP contribution is -2.20. The highest BCUT2D eigenvalue weighted by molar-refractivity contribution is 7.90. The number of rotatable bonds is 4. The molecule has 1 aliphatic carbocycles. The molecule has 1 fully saturated rings. The third-order valence-corrected chi connectivity index (χ3v) is 4.24. The first-order valence-corrected chi connectivity index (χ1v) is 7.48. The van der Waals surface area contributed by atoms with E-state index in [1.807, 2.05) is 24.3 Å². The van der Waals surface area contributed by atoms with Crippen molar-refractivity contribution >= 4 is 9.84 Å². The fourth-order valence-electron chi connectivity index (χ4n) is 2.20. The Morgan fingerprint density at radius 3 is 2.56 bits per heavy atom. The Morgan fingerprint density at radius 2 is 2.06 bits per heavy atom. The molecular formula is C12H17NO2S. The summed E-state index contributed by atoms with van der Waals surface area (Å²) in [5, 5.41) is 0. The molecule has 0 aliphatic heterocycles. The van der Waals surface area contributed by atoms with Gasteiger partial charge in [0, 0.05) is 18.2 Å². The van der Waals surface area contributed by atoms with Gasteiger partial charge in [-0.15, -0.1) is 0 Å². The molecule has 1 aromatic rings.